The number of rotatable bonds is 6. The molecule has 8 nitrogen and oxygen atoms in total. The molecule has 1 amide bonds. The molecule has 3 saturated heterocycles. The smallest absolute Gasteiger partial charge is 0.313 e. The molecule has 4 heterocycles. The van der Waals surface area contributed by atoms with Crippen molar-refractivity contribution in [1.29, 1.82) is 0 Å². The highest BCUT2D eigenvalue weighted by atomic mass is 19.1. The number of halogens is 1. The molecule has 5 fully saturated rings. The predicted octanol–water partition coefficient (Wildman–Crippen LogP) is 3.34. The van der Waals surface area contributed by atoms with Gasteiger partial charge in [-0.3, -0.25) is 4.79 Å². The molecule has 0 spiro atoms. The van der Waals surface area contributed by atoms with Crippen molar-refractivity contribution in [3.05, 3.63) is 41.7 Å². The number of nitrogens with zero attached hydrogens (tertiary/aromatic N) is 5. The number of fused-ring (bicyclic) bond motifs is 5. The number of ether oxygens (including phenoxy) is 1. The molecule has 4 aliphatic heterocycles. The normalized spacial score (nSPS) is 36.5. The molecule has 3 aliphatic carbocycles. The summed E-state index contributed by atoms with van der Waals surface area (Å²) in [6.07, 6.45) is 6.97. The van der Waals surface area contributed by atoms with E-state index in [4.69, 9.17) is 14.7 Å². The van der Waals surface area contributed by atoms with E-state index in [-0.39, 0.29) is 18.0 Å². The quantitative estimate of drug-likeness (QED) is 0.541. The van der Waals surface area contributed by atoms with Crippen molar-refractivity contribution in [3.8, 4) is 0 Å². The molecule has 7 aliphatic rings. The van der Waals surface area contributed by atoms with Gasteiger partial charge < -0.3 is 24.8 Å². The van der Waals surface area contributed by atoms with Gasteiger partial charge in [0.05, 0.1) is 12.1 Å². The number of amides is 1. The highest BCUT2D eigenvalue weighted by molar-refractivity contribution is 5.98. The average Bonchev–Trinajstić information content (AvgIpc) is 3.79. The number of anilines is 1. The minimum absolute atomic E-state index is 0.0324. The van der Waals surface area contributed by atoms with Crippen LogP contribution in [0.5, 0.6) is 0 Å². The van der Waals surface area contributed by atoms with Gasteiger partial charge in [-0.25, -0.2) is 9.38 Å². The van der Waals surface area contributed by atoms with Crippen LogP contribution in [0.25, 0.3) is 0 Å². The number of benzene rings is 1. The van der Waals surface area contributed by atoms with Crippen LogP contribution in [0, 0.1) is 23.7 Å². The number of nitrogens with one attached hydrogen (secondary N) is 1. The minimum Gasteiger partial charge on any atom is -0.462 e. The maximum absolute atomic E-state index is 13.8. The maximum atomic E-state index is 13.8. The number of carbonyl (C=O) groups is 1. The van der Waals surface area contributed by atoms with Crippen LogP contribution in [-0.4, -0.2) is 92.1 Å². The highest BCUT2D eigenvalue weighted by Gasteiger charge is 2.54. The van der Waals surface area contributed by atoms with Crippen molar-refractivity contribution in [3.63, 3.8) is 0 Å². The van der Waals surface area contributed by atoms with E-state index in [2.05, 4.69) is 46.9 Å². The van der Waals surface area contributed by atoms with E-state index >= 15 is 0 Å². The van der Waals surface area contributed by atoms with E-state index < -0.39 is 11.7 Å². The second-order valence-corrected chi connectivity index (χ2v) is 13.5. The SMILES string of the molecule is C=C(F)C(=O)N1CC2C[C@H]2[C@H]1CNC1=NC(OC[C@@H]2CCCN2C)=NC2CN(c3cccc4c3C3CC3C4)CCC12. The number of amidine groups is 2. The largest absolute Gasteiger partial charge is 0.462 e. The first-order valence-electron chi connectivity index (χ1n) is 15.7. The van der Waals surface area contributed by atoms with Gasteiger partial charge in [0.15, 0.2) is 5.83 Å². The topological polar surface area (TPSA) is 72.8 Å². The van der Waals surface area contributed by atoms with Gasteiger partial charge in [-0.2, -0.15) is 4.99 Å². The third-order valence-electron chi connectivity index (χ3n) is 11.1. The molecule has 0 aromatic heterocycles. The summed E-state index contributed by atoms with van der Waals surface area (Å²) in [7, 11) is 2.16. The third-order valence-corrected chi connectivity index (χ3v) is 11.1. The summed E-state index contributed by atoms with van der Waals surface area (Å²) in [5.41, 5.74) is 4.53. The molecule has 41 heavy (non-hydrogen) atoms. The van der Waals surface area contributed by atoms with Crippen LogP contribution in [-0.2, 0) is 16.0 Å². The van der Waals surface area contributed by atoms with Gasteiger partial charge in [-0.1, -0.05) is 18.7 Å². The Hall–Kier alpha value is -2.94. The lowest BCUT2D eigenvalue weighted by atomic mass is 9.88. The number of hydrogen-bond acceptors (Lipinski definition) is 7. The number of aliphatic imine (C=N–C) groups is 2. The first-order chi connectivity index (χ1) is 19.9. The molecule has 1 aromatic carbocycles. The number of piperidine rings is 2. The van der Waals surface area contributed by atoms with Crippen LogP contribution in [0.4, 0.5) is 10.1 Å². The van der Waals surface area contributed by atoms with Gasteiger partial charge in [0.1, 0.15) is 12.4 Å². The van der Waals surface area contributed by atoms with Crippen molar-refractivity contribution in [2.75, 3.05) is 51.3 Å². The van der Waals surface area contributed by atoms with Crippen LogP contribution in [0.3, 0.4) is 0 Å². The summed E-state index contributed by atoms with van der Waals surface area (Å²) in [6.45, 7) is 7.96. The second-order valence-electron chi connectivity index (χ2n) is 13.5. The van der Waals surface area contributed by atoms with E-state index in [1.54, 1.807) is 10.5 Å². The van der Waals surface area contributed by atoms with Crippen molar-refractivity contribution in [1.82, 2.24) is 15.1 Å². The van der Waals surface area contributed by atoms with Gasteiger partial charge >= 0.3 is 6.02 Å². The Morgan fingerprint density at radius 1 is 1.17 bits per heavy atom. The fraction of sp³-hybridized carbons (Fsp3) is 0.656. The Bertz CT molecular complexity index is 1330. The first-order valence-corrected chi connectivity index (χ1v) is 15.7. The van der Waals surface area contributed by atoms with Crippen LogP contribution in [0.2, 0.25) is 0 Å². The molecule has 5 unspecified atom stereocenters. The summed E-state index contributed by atoms with van der Waals surface area (Å²) in [4.78, 5) is 29.1. The lowest BCUT2D eigenvalue weighted by Crippen LogP contribution is -2.53. The zero-order chi connectivity index (χ0) is 27.8. The summed E-state index contributed by atoms with van der Waals surface area (Å²) < 4.78 is 20.1. The molecule has 1 aromatic rings. The molecule has 0 bridgehead atoms. The van der Waals surface area contributed by atoms with E-state index in [1.165, 1.54) is 30.5 Å². The lowest BCUT2D eigenvalue weighted by molar-refractivity contribution is -0.130. The molecule has 1 N–H and O–H groups in total. The number of likely N-dealkylation sites (N-methyl/N-ethyl adjacent to an activating group) is 1. The molecular formula is C32H41FN6O2. The van der Waals surface area contributed by atoms with Crippen LogP contribution in [0.15, 0.2) is 40.6 Å². The Labute approximate surface area is 241 Å². The lowest BCUT2D eigenvalue weighted by Gasteiger charge is -2.41. The Kier molecular flexibility index (Phi) is 6.16. The molecule has 0 radical (unpaired) electrons. The van der Waals surface area contributed by atoms with Gasteiger partial charge in [0.25, 0.3) is 5.91 Å². The Morgan fingerprint density at radius 3 is 2.90 bits per heavy atom. The first kappa shape index (κ1) is 25.7. The minimum atomic E-state index is -0.872. The monoisotopic (exact) mass is 560 g/mol. The fourth-order valence-electron chi connectivity index (χ4n) is 8.58. The summed E-state index contributed by atoms with van der Waals surface area (Å²) in [6, 6.07) is 7.73. The van der Waals surface area contributed by atoms with E-state index in [0.717, 1.165) is 56.6 Å². The number of carbonyl (C=O) groups excluding carboxylic acids is 1. The van der Waals surface area contributed by atoms with Crippen LogP contribution < -0.4 is 10.2 Å². The fourth-order valence-corrected chi connectivity index (χ4v) is 8.58. The van der Waals surface area contributed by atoms with E-state index in [0.29, 0.717) is 43.6 Å². The van der Waals surface area contributed by atoms with E-state index in [1.807, 2.05) is 0 Å². The summed E-state index contributed by atoms with van der Waals surface area (Å²) in [5.74, 6) is 2.17. The maximum Gasteiger partial charge on any atom is 0.313 e. The van der Waals surface area contributed by atoms with Crippen LogP contribution in [0.1, 0.15) is 49.1 Å². The molecule has 8 rings (SSSR count). The Balaban J connectivity index is 1.02. The Morgan fingerprint density at radius 2 is 2.07 bits per heavy atom. The summed E-state index contributed by atoms with van der Waals surface area (Å²) >= 11 is 0. The number of hydrogen-bond donors (Lipinski definition) is 1. The molecular weight excluding hydrogens is 519 g/mol. The van der Waals surface area contributed by atoms with E-state index in [9.17, 15) is 9.18 Å². The third kappa shape index (κ3) is 4.55. The number of likely N-dealkylation sites (tertiary alicyclic amines) is 2. The molecule has 218 valence electrons. The molecule has 9 heteroatoms. The van der Waals surface area contributed by atoms with Crippen molar-refractivity contribution < 1.29 is 13.9 Å². The second kappa shape index (κ2) is 9.82. The van der Waals surface area contributed by atoms with Crippen molar-refractivity contribution in [2.45, 2.75) is 62.6 Å². The zero-order valence-electron chi connectivity index (χ0n) is 24.0. The average molecular weight is 561 g/mol. The van der Waals surface area contributed by atoms with Gasteiger partial charge in [-0.05, 0) is 93.0 Å². The van der Waals surface area contributed by atoms with Gasteiger partial charge in [-0.15, -0.1) is 0 Å². The standard InChI is InChI=1S/C32H41FN6O2/c1-18(33)31(40)39-15-21-13-24(21)28(39)14-34-30-23-8-10-38(27-7-3-5-19-11-20-12-25(20)29(19)27)16-26(23)35-32(36-30)41-17-22-6-4-9-37(22)2/h3,5,7,20-26,28H,1,4,6,8-17H2,2H3,(H,34,35,36)/t20?,21?,22-,23?,24+,25?,26?,28+/m0/s1. The predicted molar refractivity (Wildman–Crippen MR) is 157 cm³/mol. The zero-order valence-corrected chi connectivity index (χ0v) is 24.0. The van der Waals surface area contributed by atoms with Gasteiger partial charge in [0.2, 0.25) is 0 Å². The highest BCUT2D eigenvalue weighted by Crippen LogP contribution is 2.59. The van der Waals surface area contributed by atoms with Crippen molar-refractivity contribution >= 4 is 23.5 Å². The summed E-state index contributed by atoms with van der Waals surface area (Å²) in [5, 5.41) is 3.63. The van der Waals surface area contributed by atoms with Crippen LogP contribution >= 0.6 is 0 Å². The van der Waals surface area contributed by atoms with Crippen molar-refractivity contribution in [2.24, 2.45) is 33.7 Å². The van der Waals surface area contributed by atoms with Gasteiger partial charge in [0, 0.05) is 43.8 Å². The molecule has 2 saturated carbocycles. The molecule has 8 atom stereocenters.